The number of esters is 1. The fraction of sp³-hybridized carbons (Fsp3) is 0.471. The molecule has 0 fully saturated rings. The second-order valence-corrected chi connectivity index (χ2v) is 4.60. The van der Waals surface area contributed by atoms with Gasteiger partial charge in [-0.05, 0) is 19.3 Å². The van der Waals surface area contributed by atoms with Crippen LogP contribution in [0.4, 0.5) is 0 Å². The number of carbonyl (C=O) groups is 3. The molecular weight excluding hydrogens is 300 g/mol. The lowest BCUT2D eigenvalue weighted by Crippen LogP contribution is -2.06. The number of carboxylic acids is 2. The summed E-state index contributed by atoms with van der Waals surface area (Å²) in [5.74, 6) is -2.10. The Morgan fingerprint density at radius 2 is 1.57 bits per heavy atom. The van der Waals surface area contributed by atoms with E-state index >= 15 is 0 Å². The van der Waals surface area contributed by atoms with Gasteiger partial charge in [-0.1, -0.05) is 46.9 Å². The molecule has 0 aromatic heterocycles. The van der Waals surface area contributed by atoms with E-state index in [1.54, 1.807) is 20.8 Å². The topological polar surface area (TPSA) is 101 Å². The Labute approximate surface area is 138 Å². The lowest BCUT2D eigenvalue weighted by atomic mass is 10.1. The summed E-state index contributed by atoms with van der Waals surface area (Å²) in [6.07, 6.45) is 2.51. The predicted octanol–water partition coefficient (Wildman–Crippen LogP) is 3.45. The van der Waals surface area contributed by atoms with Gasteiger partial charge in [-0.2, -0.15) is 0 Å². The molecule has 0 saturated heterocycles. The van der Waals surface area contributed by atoms with Crippen LogP contribution in [0.15, 0.2) is 37.0 Å². The summed E-state index contributed by atoms with van der Waals surface area (Å²) < 4.78 is 4.72. The van der Waals surface area contributed by atoms with E-state index in [0.717, 1.165) is 18.9 Å². The molecule has 0 spiro atoms. The van der Waals surface area contributed by atoms with Crippen LogP contribution in [0.1, 0.15) is 40.5 Å². The number of rotatable bonds is 7. The monoisotopic (exact) mass is 328 g/mol. The molecule has 2 N–H and O–H groups in total. The first-order valence-electron chi connectivity index (χ1n) is 7.17. The number of ether oxygens (including phenoxy) is 1. The molecule has 23 heavy (non-hydrogen) atoms. The van der Waals surface area contributed by atoms with Crippen LogP contribution in [0, 0.1) is 5.92 Å². The van der Waals surface area contributed by atoms with Crippen LogP contribution in [0.5, 0.6) is 0 Å². The first kappa shape index (κ1) is 25.6. The van der Waals surface area contributed by atoms with E-state index in [4.69, 9.17) is 14.9 Å². The highest BCUT2D eigenvalue weighted by Crippen LogP contribution is 2.05. The number of carboxylic acid groups (broad SMARTS) is 2. The zero-order chi connectivity index (χ0) is 19.0. The average molecular weight is 328 g/mol. The molecule has 0 bridgehead atoms. The molecule has 0 radical (unpaired) electrons. The lowest BCUT2D eigenvalue weighted by molar-refractivity contribution is -0.138. The Morgan fingerprint density at radius 3 is 1.74 bits per heavy atom. The van der Waals surface area contributed by atoms with E-state index in [-0.39, 0.29) is 17.5 Å². The minimum Gasteiger partial charge on any atom is -0.478 e. The van der Waals surface area contributed by atoms with Crippen molar-refractivity contribution in [1.82, 2.24) is 0 Å². The highest BCUT2D eigenvalue weighted by molar-refractivity contribution is 5.87. The zero-order valence-corrected chi connectivity index (χ0v) is 14.4. The third kappa shape index (κ3) is 19.6. The molecule has 0 aliphatic carbocycles. The van der Waals surface area contributed by atoms with Crippen LogP contribution in [0.3, 0.4) is 0 Å². The molecular formula is C17H28O6. The summed E-state index contributed by atoms with van der Waals surface area (Å²) >= 11 is 0. The maximum absolute atomic E-state index is 10.8. The molecule has 0 aliphatic heterocycles. The van der Waals surface area contributed by atoms with Gasteiger partial charge in [-0.25, -0.2) is 14.4 Å². The van der Waals surface area contributed by atoms with Gasteiger partial charge in [0.15, 0.2) is 0 Å². The number of aliphatic carboxylic acids is 2. The van der Waals surface area contributed by atoms with Gasteiger partial charge in [0, 0.05) is 17.2 Å². The van der Waals surface area contributed by atoms with E-state index < -0.39 is 11.9 Å². The van der Waals surface area contributed by atoms with Crippen LogP contribution in [-0.4, -0.2) is 34.7 Å². The summed E-state index contributed by atoms with van der Waals surface area (Å²) in [7, 11) is 0. The molecule has 132 valence electrons. The van der Waals surface area contributed by atoms with E-state index in [9.17, 15) is 14.4 Å². The van der Waals surface area contributed by atoms with Gasteiger partial charge in [-0.15, -0.1) is 0 Å². The largest absolute Gasteiger partial charge is 0.478 e. The Morgan fingerprint density at radius 1 is 1.13 bits per heavy atom. The molecule has 0 aromatic rings. The second-order valence-electron chi connectivity index (χ2n) is 4.60. The second kappa shape index (κ2) is 16.0. The normalized spacial score (nSPS) is 8.57. The summed E-state index contributed by atoms with van der Waals surface area (Å²) in [6, 6.07) is 0. The number of hydrogen-bond acceptors (Lipinski definition) is 4. The van der Waals surface area contributed by atoms with Gasteiger partial charge in [0.25, 0.3) is 0 Å². The van der Waals surface area contributed by atoms with Gasteiger partial charge in [0.2, 0.25) is 0 Å². The van der Waals surface area contributed by atoms with Crippen molar-refractivity contribution in [3.63, 3.8) is 0 Å². The van der Waals surface area contributed by atoms with Crippen molar-refractivity contribution >= 4 is 17.9 Å². The van der Waals surface area contributed by atoms with Gasteiger partial charge in [0.1, 0.15) is 0 Å². The fourth-order valence-corrected chi connectivity index (χ4v) is 0.884. The van der Waals surface area contributed by atoms with Crippen molar-refractivity contribution in [2.75, 3.05) is 6.61 Å². The van der Waals surface area contributed by atoms with E-state index in [1.165, 1.54) is 0 Å². The molecule has 0 unspecified atom stereocenters. The number of carbonyl (C=O) groups excluding carboxylic acids is 1. The van der Waals surface area contributed by atoms with Crippen molar-refractivity contribution in [3.05, 3.63) is 37.0 Å². The SMILES string of the molecule is C=C(C(=O)O)C(C)C.C=C(CCC)C(=O)OCC.C=CC(=O)O. The molecule has 0 aliphatic rings. The van der Waals surface area contributed by atoms with Gasteiger partial charge >= 0.3 is 17.9 Å². The summed E-state index contributed by atoms with van der Waals surface area (Å²) in [5.41, 5.74) is 0.842. The fourth-order valence-electron chi connectivity index (χ4n) is 0.884. The summed E-state index contributed by atoms with van der Waals surface area (Å²) in [6.45, 7) is 17.7. The Bertz CT molecular complexity index is 405. The highest BCUT2D eigenvalue weighted by atomic mass is 16.5. The van der Waals surface area contributed by atoms with E-state index in [1.807, 2.05) is 6.92 Å². The van der Waals surface area contributed by atoms with Crippen molar-refractivity contribution in [3.8, 4) is 0 Å². The van der Waals surface area contributed by atoms with Gasteiger partial charge < -0.3 is 14.9 Å². The van der Waals surface area contributed by atoms with Crippen molar-refractivity contribution in [1.29, 1.82) is 0 Å². The maximum Gasteiger partial charge on any atom is 0.333 e. The van der Waals surface area contributed by atoms with Crippen LogP contribution >= 0.6 is 0 Å². The quantitative estimate of drug-likeness (QED) is 0.548. The smallest absolute Gasteiger partial charge is 0.333 e. The summed E-state index contributed by atoms with van der Waals surface area (Å²) in [5, 5.41) is 15.9. The molecule has 0 atom stereocenters. The predicted molar refractivity (Wildman–Crippen MR) is 90.1 cm³/mol. The Hall–Kier alpha value is -2.37. The van der Waals surface area contributed by atoms with Crippen molar-refractivity contribution in [2.24, 2.45) is 5.92 Å². The van der Waals surface area contributed by atoms with Gasteiger partial charge in [0.05, 0.1) is 6.61 Å². The molecule has 0 rings (SSSR count). The third-order valence-electron chi connectivity index (χ3n) is 2.26. The van der Waals surface area contributed by atoms with Crippen LogP contribution < -0.4 is 0 Å². The third-order valence-corrected chi connectivity index (χ3v) is 2.26. The Kier molecular flexibility index (Phi) is 17.8. The molecule has 0 amide bonds. The number of hydrogen-bond donors (Lipinski definition) is 2. The molecule has 6 nitrogen and oxygen atoms in total. The first-order chi connectivity index (χ1) is 10.5. The van der Waals surface area contributed by atoms with Crippen molar-refractivity contribution in [2.45, 2.75) is 40.5 Å². The standard InChI is InChI=1S/C8H14O2.C6H10O2.C3H4O2/c1-4-6-7(3)8(9)10-5-2;1-4(2)5(3)6(7)8;1-2-3(4)5/h3-6H2,1-2H3;4H,3H2,1-2H3,(H,7,8);2H,1H2,(H,4,5). The Balaban J connectivity index is -0.000000276. The van der Waals surface area contributed by atoms with Gasteiger partial charge in [-0.3, -0.25) is 0 Å². The minimum atomic E-state index is -0.981. The zero-order valence-electron chi connectivity index (χ0n) is 14.4. The van der Waals surface area contributed by atoms with Crippen LogP contribution in [0.2, 0.25) is 0 Å². The molecule has 0 saturated carbocycles. The first-order valence-corrected chi connectivity index (χ1v) is 7.17. The minimum absolute atomic E-state index is 0.0486. The summed E-state index contributed by atoms with van der Waals surface area (Å²) in [4.78, 5) is 30.1. The highest BCUT2D eigenvalue weighted by Gasteiger charge is 2.06. The van der Waals surface area contributed by atoms with Crippen molar-refractivity contribution < 1.29 is 29.3 Å². The maximum atomic E-state index is 10.8. The average Bonchev–Trinajstić information content (AvgIpc) is 2.47. The molecule has 0 heterocycles. The van der Waals surface area contributed by atoms with E-state index in [0.29, 0.717) is 12.2 Å². The molecule has 6 heteroatoms. The van der Waals surface area contributed by atoms with Crippen LogP contribution in [0.25, 0.3) is 0 Å². The van der Waals surface area contributed by atoms with E-state index in [2.05, 4.69) is 19.7 Å². The van der Waals surface area contributed by atoms with Crippen LogP contribution in [-0.2, 0) is 19.1 Å². The molecule has 0 aromatic carbocycles. The lowest BCUT2D eigenvalue weighted by Gasteiger charge is -2.01.